The Balaban J connectivity index is 1.96. The molecule has 2 aliphatic rings. The first-order valence-electron chi connectivity index (χ1n) is 8.49. The smallest absolute Gasteiger partial charge is 0.182 e. The van der Waals surface area contributed by atoms with E-state index in [0.717, 1.165) is 37.9 Å². The van der Waals surface area contributed by atoms with E-state index in [4.69, 9.17) is 0 Å². The van der Waals surface area contributed by atoms with E-state index in [2.05, 4.69) is 50.8 Å². The molecule has 1 aromatic carbocycles. The van der Waals surface area contributed by atoms with E-state index in [1.165, 1.54) is 10.3 Å². The number of hydroxylamine groups is 1. The van der Waals surface area contributed by atoms with Crippen LogP contribution < -0.4 is 0 Å². The van der Waals surface area contributed by atoms with Crippen LogP contribution in [-0.2, 0) is 5.41 Å². The molecule has 120 valence electrons. The summed E-state index contributed by atoms with van der Waals surface area (Å²) in [6.45, 7) is 11.1. The van der Waals surface area contributed by atoms with Crippen LogP contribution in [0.5, 0.6) is 0 Å². The number of hydrogen-bond donors (Lipinski definition) is 0. The van der Waals surface area contributed by atoms with Gasteiger partial charge in [-0.1, -0.05) is 32.0 Å². The molecule has 22 heavy (non-hydrogen) atoms. The van der Waals surface area contributed by atoms with Crippen LogP contribution >= 0.6 is 0 Å². The zero-order chi connectivity index (χ0) is 16.0. The Morgan fingerprint density at radius 2 is 1.77 bits per heavy atom. The summed E-state index contributed by atoms with van der Waals surface area (Å²) >= 11 is 0. The molecule has 1 saturated heterocycles. The van der Waals surface area contributed by atoms with Crippen LogP contribution in [0.2, 0.25) is 0 Å². The molecule has 3 rings (SSSR count). The fourth-order valence-electron chi connectivity index (χ4n) is 4.34. The van der Waals surface area contributed by atoms with Gasteiger partial charge in [0.15, 0.2) is 11.8 Å². The minimum absolute atomic E-state index is 0.0340. The predicted molar refractivity (Wildman–Crippen MR) is 91.6 cm³/mol. The van der Waals surface area contributed by atoms with Gasteiger partial charge in [0.25, 0.3) is 0 Å². The predicted octanol–water partition coefficient (Wildman–Crippen LogP) is 3.54. The first kappa shape index (κ1) is 15.5. The van der Waals surface area contributed by atoms with Crippen molar-refractivity contribution in [2.75, 3.05) is 13.1 Å². The summed E-state index contributed by atoms with van der Waals surface area (Å²) in [5.74, 6) is 0. The summed E-state index contributed by atoms with van der Waals surface area (Å²) in [7, 11) is 0. The minimum atomic E-state index is -0.242. The number of benzene rings is 1. The second-order valence-electron chi connectivity index (χ2n) is 7.96. The second kappa shape index (κ2) is 5.38. The molecule has 2 aliphatic heterocycles. The van der Waals surface area contributed by atoms with Crippen LogP contribution in [0.25, 0.3) is 0 Å². The monoisotopic (exact) mass is 300 g/mol. The Hall–Kier alpha value is -1.35. The lowest BCUT2D eigenvalue weighted by Gasteiger charge is -2.43. The standard InChI is InChI=1S/C19H28N2O/c1-15(2)20-11-9-19(10-12-20)14-18(3,4)17-8-6-5-7-16(17)13-21(19)22/h5-8,13,15H,9-12,14H2,1-4H3. The Bertz CT molecular complexity index is 581. The van der Waals surface area contributed by atoms with Crippen molar-refractivity contribution in [3.63, 3.8) is 0 Å². The summed E-state index contributed by atoms with van der Waals surface area (Å²) < 4.78 is 1.29. The third kappa shape index (κ3) is 2.56. The van der Waals surface area contributed by atoms with Crippen molar-refractivity contribution in [3.05, 3.63) is 40.6 Å². The van der Waals surface area contributed by atoms with E-state index in [-0.39, 0.29) is 11.0 Å². The minimum Gasteiger partial charge on any atom is -0.623 e. The SMILES string of the molecule is CC(C)N1CCC2(CC1)CC(C)(C)c1ccccc1C=[N+]2[O-]. The van der Waals surface area contributed by atoms with Crippen LogP contribution in [0, 0.1) is 5.21 Å². The molecule has 1 fully saturated rings. The van der Waals surface area contributed by atoms with Gasteiger partial charge in [-0.25, -0.2) is 4.74 Å². The van der Waals surface area contributed by atoms with E-state index in [0.29, 0.717) is 6.04 Å². The summed E-state index contributed by atoms with van der Waals surface area (Å²) in [5.41, 5.74) is 2.19. The maximum absolute atomic E-state index is 13.0. The van der Waals surface area contributed by atoms with Crippen molar-refractivity contribution in [1.29, 1.82) is 0 Å². The average molecular weight is 300 g/mol. The Morgan fingerprint density at radius 1 is 1.14 bits per heavy atom. The average Bonchev–Trinajstić information content (AvgIpc) is 2.54. The molecular formula is C19H28N2O. The van der Waals surface area contributed by atoms with Gasteiger partial charge in [0.1, 0.15) is 0 Å². The first-order chi connectivity index (χ1) is 10.3. The lowest BCUT2D eigenvalue weighted by atomic mass is 9.70. The molecule has 0 amide bonds. The highest BCUT2D eigenvalue weighted by Crippen LogP contribution is 2.42. The summed E-state index contributed by atoms with van der Waals surface area (Å²) in [6, 6.07) is 8.94. The van der Waals surface area contributed by atoms with E-state index in [1.54, 1.807) is 0 Å². The van der Waals surface area contributed by atoms with Crippen LogP contribution in [0.15, 0.2) is 24.3 Å². The lowest BCUT2D eigenvalue weighted by molar-refractivity contribution is -0.554. The second-order valence-corrected chi connectivity index (χ2v) is 7.96. The highest BCUT2D eigenvalue weighted by Gasteiger charge is 2.48. The highest BCUT2D eigenvalue weighted by molar-refractivity contribution is 5.79. The Morgan fingerprint density at radius 3 is 2.41 bits per heavy atom. The molecule has 0 N–H and O–H groups in total. The molecule has 0 bridgehead atoms. The number of hydrogen-bond acceptors (Lipinski definition) is 2. The van der Waals surface area contributed by atoms with E-state index in [1.807, 2.05) is 12.3 Å². The van der Waals surface area contributed by atoms with Crippen LogP contribution in [0.1, 0.15) is 58.1 Å². The third-order valence-electron chi connectivity index (χ3n) is 5.64. The number of rotatable bonds is 1. The molecule has 3 heteroatoms. The Kier molecular flexibility index (Phi) is 3.80. The van der Waals surface area contributed by atoms with Crippen LogP contribution in [0.4, 0.5) is 0 Å². The topological polar surface area (TPSA) is 29.3 Å². The van der Waals surface area contributed by atoms with Crippen LogP contribution in [0.3, 0.4) is 0 Å². The molecule has 1 spiro atoms. The van der Waals surface area contributed by atoms with Gasteiger partial charge in [0, 0.05) is 44.0 Å². The summed E-state index contributed by atoms with van der Waals surface area (Å²) in [5, 5.41) is 13.0. The quantitative estimate of drug-likeness (QED) is 0.586. The number of nitrogens with zero attached hydrogens (tertiary/aromatic N) is 2. The van der Waals surface area contributed by atoms with Crippen molar-refractivity contribution in [3.8, 4) is 0 Å². The fraction of sp³-hybridized carbons (Fsp3) is 0.632. The molecule has 0 radical (unpaired) electrons. The molecule has 0 atom stereocenters. The van der Waals surface area contributed by atoms with Crippen molar-refractivity contribution in [2.24, 2.45) is 0 Å². The van der Waals surface area contributed by atoms with Gasteiger partial charge in [-0.3, -0.25) is 0 Å². The summed E-state index contributed by atoms with van der Waals surface area (Å²) in [6.07, 6.45) is 4.70. The van der Waals surface area contributed by atoms with Gasteiger partial charge in [-0.05, 0) is 30.9 Å². The number of piperidine rings is 1. The van der Waals surface area contributed by atoms with Gasteiger partial charge in [0.2, 0.25) is 0 Å². The van der Waals surface area contributed by atoms with Gasteiger partial charge < -0.3 is 10.1 Å². The normalized spacial score (nSPS) is 24.0. The Labute approximate surface area is 134 Å². The molecule has 0 unspecified atom stereocenters. The van der Waals surface area contributed by atoms with Gasteiger partial charge in [-0.15, -0.1) is 0 Å². The van der Waals surface area contributed by atoms with E-state index >= 15 is 0 Å². The highest BCUT2D eigenvalue weighted by atomic mass is 16.5. The van der Waals surface area contributed by atoms with Crippen molar-refractivity contribution in [1.82, 2.24) is 4.90 Å². The lowest BCUT2D eigenvalue weighted by Crippen LogP contribution is -2.53. The molecule has 0 aliphatic carbocycles. The summed E-state index contributed by atoms with van der Waals surface area (Å²) in [4.78, 5) is 2.49. The molecule has 3 nitrogen and oxygen atoms in total. The largest absolute Gasteiger partial charge is 0.623 e. The van der Waals surface area contributed by atoms with Crippen molar-refractivity contribution < 1.29 is 4.74 Å². The molecule has 2 heterocycles. The molecular weight excluding hydrogens is 272 g/mol. The first-order valence-corrected chi connectivity index (χ1v) is 8.49. The zero-order valence-corrected chi connectivity index (χ0v) is 14.3. The van der Waals surface area contributed by atoms with Crippen molar-refractivity contribution >= 4 is 6.21 Å². The third-order valence-corrected chi connectivity index (χ3v) is 5.64. The molecule has 0 aromatic heterocycles. The maximum atomic E-state index is 13.0. The number of likely N-dealkylation sites (tertiary alicyclic amines) is 1. The van der Waals surface area contributed by atoms with Gasteiger partial charge >= 0.3 is 0 Å². The van der Waals surface area contributed by atoms with Crippen molar-refractivity contribution in [2.45, 2.75) is 64.0 Å². The maximum Gasteiger partial charge on any atom is 0.182 e. The fourth-order valence-corrected chi connectivity index (χ4v) is 4.34. The van der Waals surface area contributed by atoms with E-state index < -0.39 is 0 Å². The molecule has 1 aromatic rings. The van der Waals surface area contributed by atoms with Crippen LogP contribution in [-0.4, -0.2) is 40.5 Å². The van der Waals surface area contributed by atoms with E-state index in [9.17, 15) is 5.21 Å². The van der Waals surface area contributed by atoms with Gasteiger partial charge in [0.05, 0.1) is 0 Å². The molecule has 0 saturated carbocycles. The number of fused-ring (bicyclic) bond motifs is 1. The van der Waals surface area contributed by atoms with Gasteiger partial charge in [-0.2, -0.15) is 0 Å². The zero-order valence-electron chi connectivity index (χ0n) is 14.3.